The Morgan fingerprint density at radius 2 is 1.68 bits per heavy atom. The number of hydrogen-bond acceptors (Lipinski definition) is 4. The normalized spacial score (nSPS) is 17.1. The Kier molecular flexibility index (Phi) is 5.55. The summed E-state index contributed by atoms with van der Waals surface area (Å²) in [6, 6.07) is 9.81. The van der Waals surface area contributed by atoms with Crippen molar-refractivity contribution in [3.05, 3.63) is 52.6 Å². The van der Waals surface area contributed by atoms with E-state index < -0.39 is 5.97 Å². The van der Waals surface area contributed by atoms with E-state index in [1.165, 1.54) is 34.4 Å². The van der Waals surface area contributed by atoms with E-state index >= 15 is 0 Å². The molecule has 0 atom stereocenters. The van der Waals surface area contributed by atoms with Crippen LogP contribution in [0.15, 0.2) is 40.1 Å². The van der Waals surface area contributed by atoms with Gasteiger partial charge in [0.25, 0.3) is 0 Å². The molecule has 0 bridgehead atoms. The van der Waals surface area contributed by atoms with Gasteiger partial charge < -0.3 is 9.84 Å². The fourth-order valence-electron chi connectivity index (χ4n) is 3.90. The largest absolute Gasteiger partial charge is 0.507 e. The number of hydrogen-bond donors (Lipinski definition) is 1. The molecule has 0 saturated carbocycles. The van der Waals surface area contributed by atoms with Gasteiger partial charge in [0.2, 0.25) is 0 Å². The minimum atomic E-state index is -0.495. The standard InChI is InChI=1S/C24H30O3S/c1-7-27-22(26)17-9-8-16(13-20(17)25)28-21-14-19-18(12-15(21)2)23(3,4)10-11-24(19,5)6/h8-9,12-14,25H,7,10-11H2,1-6H3. The molecule has 2 aromatic rings. The first-order valence-corrected chi connectivity index (χ1v) is 10.7. The fraction of sp³-hybridized carbons (Fsp3) is 0.458. The summed E-state index contributed by atoms with van der Waals surface area (Å²) in [6.45, 7) is 13.5. The number of rotatable bonds is 4. The number of esters is 1. The zero-order valence-electron chi connectivity index (χ0n) is 17.7. The number of phenolic OH excluding ortho intramolecular Hbond substituents is 1. The number of carbonyl (C=O) groups excluding carboxylic acids is 1. The molecule has 150 valence electrons. The second kappa shape index (κ2) is 7.47. The molecule has 0 amide bonds. The Balaban J connectivity index is 1.96. The van der Waals surface area contributed by atoms with Gasteiger partial charge in [-0.25, -0.2) is 4.79 Å². The third kappa shape index (κ3) is 3.93. The van der Waals surface area contributed by atoms with Gasteiger partial charge in [-0.05, 0) is 78.5 Å². The van der Waals surface area contributed by atoms with Crippen molar-refractivity contribution in [2.75, 3.05) is 6.61 Å². The summed E-state index contributed by atoms with van der Waals surface area (Å²) in [4.78, 5) is 14.0. The molecule has 3 rings (SSSR count). The van der Waals surface area contributed by atoms with Crippen molar-refractivity contribution in [3.8, 4) is 5.75 Å². The maximum absolute atomic E-state index is 11.9. The first-order chi connectivity index (χ1) is 13.0. The van der Waals surface area contributed by atoms with Crippen LogP contribution < -0.4 is 0 Å². The van der Waals surface area contributed by atoms with E-state index in [1.54, 1.807) is 30.8 Å². The van der Waals surface area contributed by atoms with E-state index in [2.05, 4.69) is 46.8 Å². The van der Waals surface area contributed by atoms with E-state index in [4.69, 9.17) is 4.74 Å². The van der Waals surface area contributed by atoms with Gasteiger partial charge in [-0.3, -0.25) is 0 Å². The molecule has 2 aromatic carbocycles. The molecule has 0 radical (unpaired) electrons. The topological polar surface area (TPSA) is 46.5 Å². The first kappa shape index (κ1) is 20.8. The van der Waals surface area contributed by atoms with Crippen molar-refractivity contribution in [3.63, 3.8) is 0 Å². The molecule has 4 heteroatoms. The fourth-order valence-corrected chi connectivity index (χ4v) is 4.85. The molecule has 28 heavy (non-hydrogen) atoms. The van der Waals surface area contributed by atoms with Crippen LogP contribution in [0.3, 0.4) is 0 Å². The summed E-state index contributed by atoms with van der Waals surface area (Å²) in [5.74, 6) is -0.536. The van der Waals surface area contributed by atoms with E-state index in [0.717, 1.165) is 4.90 Å². The lowest BCUT2D eigenvalue weighted by molar-refractivity contribution is 0.0523. The molecule has 0 heterocycles. The molecule has 0 aliphatic heterocycles. The molecule has 0 spiro atoms. The number of aryl methyl sites for hydroxylation is 1. The zero-order valence-corrected chi connectivity index (χ0v) is 18.5. The van der Waals surface area contributed by atoms with Gasteiger partial charge in [-0.15, -0.1) is 0 Å². The summed E-state index contributed by atoms with van der Waals surface area (Å²) in [7, 11) is 0. The Morgan fingerprint density at radius 1 is 1.07 bits per heavy atom. The van der Waals surface area contributed by atoms with Crippen LogP contribution in [-0.2, 0) is 15.6 Å². The van der Waals surface area contributed by atoms with Crippen molar-refractivity contribution in [2.45, 2.75) is 75.0 Å². The highest BCUT2D eigenvalue weighted by Gasteiger charge is 2.37. The van der Waals surface area contributed by atoms with Crippen LogP contribution in [-0.4, -0.2) is 17.7 Å². The van der Waals surface area contributed by atoms with Crippen molar-refractivity contribution in [1.29, 1.82) is 0 Å². The van der Waals surface area contributed by atoms with Crippen molar-refractivity contribution in [2.24, 2.45) is 0 Å². The lowest BCUT2D eigenvalue weighted by Gasteiger charge is -2.42. The van der Waals surface area contributed by atoms with Crippen LogP contribution in [0.25, 0.3) is 0 Å². The Bertz CT molecular complexity index is 912. The predicted molar refractivity (Wildman–Crippen MR) is 115 cm³/mol. The van der Waals surface area contributed by atoms with Crippen LogP contribution in [0.5, 0.6) is 5.75 Å². The summed E-state index contributed by atoms with van der Waals surface area (Å²) in [5, 5.41) is 10.3. The highest BCUT2D eigenvalue weighted by Crippen LogP contribution is 2.48. The Labute approximate surface area is 172 Å². The number of carbonyl (C=O) groups is 1. The van der Waals surface area contributed by atoms with Crippen LogP contribution in [0, 0.1) is 6.92 Å². The lowest BCUT2D eigenvalue weighted by Crippen LogP contribution is -2.34. The summed E-state index contributed by atoms with van der Waals surface area (Å²) < 4.78 is 4.98. The monoisotopic (exact) mass is 398 g/mol. The van der Waals surface area contributed by atoms with Gasteiger partial charge in [-0.1, -0.05) is 45.5 Å². The molecule has 0 aromatic heterocycles. The van der Waals surface area contributed by atoms with Gasteiger partial charge in [0.1, 0.15) is 11.3 Å². The van der Waals surface area contributed by atoms with Gasteiger partial charge >= 0.3 is 5.97 Å². The number of ether oxygens (including phenoxy) is 1. The first-order valence-electron chi connectivity index (χ1n) is 9.89. The number of benzene rings is 2. The third-order valence-electron chi connectivity index (χ3n) is 5.84. The minimum absolute atomic E-state index is 0.0412. The molecule has 0 saturated heterocycles. The highest BCUT2D eigenvalue weighted by molar-refractivity contribution is 7.99. The van der Waals surface area contributed by atoms with E-state index in [0.29, 0.717) is 0 Å². The second-order valence-corrected chi connectivity index (χ2v) is 10.0. The highest BCUT2D eigenvalue weighted by atomic mass is 32.2. The number of phenols is 1. The molecule has 1 N–H and O–H groups in total. The molecular formula is C24H30O3S. The van der Waals surface area contributed by atoms with Gasteiger partial charge in [0.05, 0.1) is 6.61 Å². The smallest absolute Gasteiger partial charge is 0.341 e. The molecular weight excluding hydrogens is 368 g/mol. The van der Waals surface area contributed by atoms with E-state index in [-0.39, 0.29) is 28.7 Å². The second-order valence-electron chi connectivity index (χ2n) is 8.93. The van der Waals surface area contributed by atoms with Gasteiger partial charge in [-0.2, -0.15) is 0 Å². The van der Waals surface area contributed by atoms with Crippen molar-refractivity contribution >= 4 is 17.7 Å². The maximum atomic E-state index is 11.9. The van der Waals surface area contributed by atoms with Gasteiger partial charge in [0, 0.05) is 9.79 Å². The summed E-state index contributed by atoms with van der Waals surface area (Å²) in [5.41, 5.74) is 4.66. The third-order valence-corrected chi connectivity index (χ3v) is 6.99. The van der Waals surface area contributed by atoms with Crippen LogP contribution in [0.1, 0.15) is 74.5 Å². The summed E-state index contributed by atoms with van der Waals surface area (Å²) in [6.07, 6.45) is 2.37. The number of fused-ring (bicyclic) bond motifs is 1. The Morgan fingerprint density at radius 3 is 2.25 bits per heavy atom. The van der Waals surface area contributed by atoms with Crippen molar-refractivity contribution < 1.29 is 14.6 Å². The van der Waals surface area contributed by atoms with Crippen LogP contribution in [0.4, 0.5) is 0 Å². The molecule has 0 fully saturated rings. The van der Waals surface area contributed by atoms with Crippen LogP contribution >= 0.6 is 11.8 Å². The van der Waals surface area contributed by atoms with Crippen LogP contribution in [0.2, 0.25) is 0 Å². The van der Waals surface area contributed by atoms with Gasteiger partial charge in [0.15, 0.2) is 0 Å². The molecule has 1 aliphatic carbocycles. The maximum Gasteiger partial charge on any atom is 0.341 e. The van der Waals surface area contributed by atoms with E-state index in [9.17, 15) is 9.90 Å². The quantitative estimate of drug-likeness (QED) is 0.607. The average molecular weight is 399 g/mol. The predicted octanol–water partition coefficient (Wildman–Crippen LogP) is 6.38. The SMILES string of the molecule is CCOC(=O)c1ccc(Sc2cc3c(cc2C)C(C)(C)CCC3(C)C)cc1O. The van der Waals surface area contributed by atoms with E-state index in [1.807, 2.05) is 6.07 Å². The van der Waals surface area contributed by atoms with Crippen molar-refractivity contribution in [1.82, 2.24) is 0 Å². The number of aromatic hydroxyl groups is 1. The zero-order chi connectivity index (χ0) is 20.7. The molecule has 3 nitrogen and oxygen atoms in total. The molecule has 0 unspecified atom stereocenters. The molecule has 1 aliphatic rings. The Hall–Kier alpha value is -1.94. The lowest BCUT2D eigenvalue weighted by atomic mass is 9.63. The average Bonchev–Trinajstić information content (AvgIpc) is 2.60. The minimum Gasteiger partial charge on any atom is -0.507 e. The summed E-state index contributed by atoms with van der Waals surface area (Å²) >= 11 is 1.62.